The molecule has 16 heavy (non-hydrogen) atoms. The van der Waals surface area contributed by atoms with Gasteiger partial charge in [-0.15, -0.1) is 0 Å². The van der Waals surface area contributed by atoms with Crippen molar-refractivity contribution in [2.75, 3.05) is 11.9 Å². The molecular formula is C10H6BrF2NO2. The molecule has 0 radical (unpaired) electrons. The zero-order valence-corrected chi connectivity index (χ0v) is 9.48. The highest BCUT2D eigenvalue weighted by molar-refractivity contribution is 9.12. The van der Waals surface area contributed by atoms with E-state index < -0.39 is 17.6 Å². The van der Waals surface area contributed by atoms with Crippen LogP contribution < -0.4 is 5.32 Å². The molecule has 0 spiro atoms. The van der Waals surface area contributed by atoms with Crippen molar-refractivity contribution < 1.29 is 18.3 Å². The Bertz CT molecular complexity index is 488. The molecule has 2 rings (SSSR count). The first-order chi connectivity index (χ1) is 7.58. The number of carbonyl (C=O) groups is 1. The van der Waals surface area contributed by atoms with Crippen molar-refractivity contribution in [3.63, 3.8) is 0 Å². The smallest absolute Gasteiger partial charge is 0.347 e. The Morgan fingerprint density at radius 3 is 2.62 bits per heavy atom. The van der Waals surface area contributed by atoms with Gasteiger partial charge in [0.15, 0.2) is 11.6 Å². The summed E-state index contributed by atoms with van der Waals surface area (Å²) in [4.78, 5) is 11.0. The fourth-order valence-corrected chi connectivity index (χ4v) is 1.55. The number of cyclic esters (lactones) is 1. The molecule has 0 amide bonds. The molecule has 0 fully saturated rings. The normalized spacial score (nSPS) is 15.3. The van der Waals surface area contributed by atoms with E-state index in [0.717, 1.165) is 12.1 Å². The third-order valence-electron chi connectivity index (χ3n) is 2.01. The van der Waals surface area contributed by atoms with Gasteiger partial charge in [0, 0.05) is 11.8 Å². The number of carbonyl (C=O) groups excluding carboxylic acids is 1. The number of hydrogen-bond acceptors (Lipinski definition) is 3. The second-order valence-corrected chi connectivity index (χ2v) is 3.92. The maximum atomic E-state index is 12.9. The van der Waals surface area contributed by atoms with E-state index in [2.05, 4.69) is 21.2 Å². The van der Waals surface area contributed by atoms with E-state index in [9.17, 15) is 13.6 Å². The average molecular weight is 290 g/mol. The lowest BCUT2D eigenvalue weighted by Gasteiger charge is -2.06. The maximum Gasteiger partial charge on any atom is 0.347 e. The highest BCUT2D eigenvalue weighted by Gasteiger charge is 2.22. The molecule has 1 aliphatic rings. The van der Waals surface area contributed by atoms with E-state index in [1.807, 2.05) is 0 Å². The first-order valence-corrected chi connectivity index (χ1v) is 5.15. The fraction of sp³-hybridized carbons (Fsp3) is 0.100. The van der Waals surface area contributed by atoms with Crippen molar-refractivity contribution in [1.29, 1.82) is 0 Å². The molecule has 6 heteroatoms. The number of nitrogens with one attached hydrogen (secondary N) is 1. The van der Waals surface area contributed by atoms with Crippen molar-refractivity contribution in [2.24, 2.45) is 0 Å². The van der Waals surface area contributed by atoms with Gasteiger partial charge in [-0.25, -0.2) is 13.6 Å². The van der Waals surface area contributed by atoms with Crippen LogP contribution in [-0.2, 0) is 9.53 Å². The summed E-state index contributed by atoms with van der Waals surface area (Å²) < 4.78 is 30.5. The van der Waals surface area contributed by atoms with Gasteiger partial charge < -0.3 is 10.1 Å². The van der Waals surface area contributed by atoms with E-state index in [4.69, 9.17) is 4.74 Å². The molecule has 1 aliphatic heterocycles. The summed E-state index contributed by atoms with van der Waals surface area (Å²) in [5, 5.41) is 2.77. The topological polar surface area (TPSA) is 38.3 Å². The number of ether oxygens (including phenoxy) is 1. The van der Waals surface area contributed by atoms with Crippen LogP contribution >= 0.6 is 15.9 Å². The summed E-state index contributed by atoms with van der Waals surface area (Å²) in [6.07, 6.45) is 0. The molecule has 0 saturated heterocycles. The quantitative estimate of drug-likeness (QED) is 0.851. The third-order valence-corrected chi connectivity index (χ3v) is 2.81. The second-order valence-electron chi connectivity index (χ2n) is 3.12. The molecule has 1 N–H and O–H groups in total. The Morgan fingerprint density at radius 1 is 1.31 bits per heavy atom. The summed E-state index contributed by atoms with van der Waals surface area (Å²) in [7, 11) is 0. The van der Waals surface area contributed by atoms with E-state index in [0.29, 0.717) is 11.4 Å². The summed E-state index contributed by atoms with van der Waals surface area (Å²) in [6.45, 7) is 0.0818. The molecule has 0 bridgehead atoms. The number of benzene rings is 1. The Balaban J connectivity index is 2.22. The monoisotopic (exact) mass is 289 g/mol. The minimum Gasteiger partial charge on any atom is -0.455 e. The van der Waals surface area contributed by atoms with Gasteiger partial charge in [-0.1, -0.05) is 0 Å². The van der Waals surface area contributed by atoms with E-state index in [-0.39, 0.29) is 11.1 Å². The Kier molecular flexibility index (Phi) is 2.91. The van der Waals surface area contributed by atoms with Crippen molar-refractivity contribution in [3.05, 3.63) is 40.0 Å². The van der Waals surface area contributed by atoms with Crippen LogP contribution in [0.2, 0.25) is 0 Å². The predicted octanol–water partition coefficient (Wildman–Crippen LogP) is 2.54. The first-order valence-electron chi connectivity index (χ1n) is 4.36. The van der Waals surface area contributed by atoms with Crippen LogP contribution in [0.25, 0.3) is 0 Å². The molecule has 0 aliphatic carbocycles. The second kappa shape index (κ2) is 4.21. The number of anilines is 1. The summed E-state index contributed by atoms with van der Waals surface area (Å²) in [5.74, 6) is -2.35. The van der Waals surface area contributed by atoms with E-state index in [1.54, 1.807) is 0 Å². The molecular weight excluding hydrogens is 284 g/mol. The van der Waals surface area contributed by atoms with Crippen LogP contribution in [-0.4, -0.2) is 12.6 Å². The minimum absolute atomic E-state index is 0.0818. The van der Waals surface area contributed by atoms with E-state index >= 15 is 0 Å². The first kappa shape index (κ1) is 11.1. The summed E-state index contributed by atoms with van der Waals surface area (Å²) >= 11 is 3.04. The fourth-order valence-electron chi connectivity index (χ4n) is 1.23. The molecule has 3 nitrogen and oxygen atoms in total. The molecule has 0 atom stereocenters. The Morgan fingerprint density at radius 2 is 2.06 bits per heavy atom. The zero-order chi connectivity index (χ0) is 11.7. The molecule has 0 saturated carbocycles. The third kappa shape index (κ3) is 2.06. The van der Waals surface area contributed by atoms with Gasteiger partial charge in [0.2, 0.25) is 0 Å². The van der Waals surface area contributed by atoms with Crippen molar-refractivity contribution in [2.45, 2.75) is 0 Å². The Hall–Kier alpha value is -1.43. The van der Waals surface area contributed by atoms with Crippen LogP contribution in [0, 0.1) is 11.6 Å². The highest BCUT2D eigenvalue weighted by Crippen LogP contribution is 2.23. The van der Waals surface area contributed by atoms with E-state index in [1.165, 1.54) is 6.07 Å². The molecule has 0 aromatic heterocycles. The number of halogens is 3. The lowest BCUT2D eigenvalue weighted by Crippen LogP contribution is -2.02. The van der Waals surface area contributed by atoms with Gasteiger partial charge in [-0.3, -0.25) is 0 Å². The number of hydrogen-bond donors (Lipinski definition) is 1. The van der Waals surface area contributed by atoms with Gasteiger partial charge in [-0.2, -0.15) is 0 Å². The predicted molar refractivity (Wildman–Crippen MR) is 56.9 cm³/mol. The SMILES string of the molecule is O=C1OCC(Nc2ccc(F)c(F)c2)=C1Br. The van der Waals surface area contributed by atoms with Crippen LogP contribution in [0.3, 0.4) is 0 Å². The largest absolute Gasteiger partial charge is 0.455 e. The standard InChI is InChI=1S/C10H6BrF2NO2/c11-9-8(4-16-10(9)15)14-5-1-2-6(12)7(13)3-5/h1-3,14H,4H2. The molecule has 1 aromatic carbocycles. The lowest BCUT2D eigenvalue weighted by molar-refractivity contribution is -0.135. The van der Waals surface area contributed by atoms with Crippen molar-refractivity contribution in [1.82, 2.24) is 0 Å². The molecule has 0 unspecified atom stereocenters. The summed E-state index contributed by atoms with van der Waals surface area (Å²) in [5.41, 5.74) is 0.833. The van der Waals surface area contributed by atoms with Crippen molar-refractivity contribution >= 4 is 27.6 Å². The Labute approximate surface area is 98.2 Å². The van der Waals surface area contributed by atoms with Gasteiger partial charge in [0.25, 0.3) is 0 Å². The van der Waals surface area contributed by atoms with Gasteiger partial charge in [0.05, 0.1) is 5.70 Å². The van der Waals surface area contributed by atoms with Crippen LogP contribution in [0.1, 0.15) is 0 Å². The maximum absolute atomic E-state index is 12.9. The van der Waals surface area contributed by atoms with Crippen molar-refractivity contribution in [3.8, 4) is 0 Å². The van der Waals surface area contributed by atoms with Crippen LogP contribution in [0.4, 0.5) is 14.5 Å². The summed E-state index contributed by atoms with van der Waals surface area (Å²) in [6, 6.07) is 3.38. The number of rotatable bonds is 2. The lowest BCUT2D eigenvalue weighted by atomic mass is 10.3. The number of esters is 1. The zero-order valence-electron chi connectivity index (χ0n) is 7.89. The molecule has 1 aromatic rings. The van der Waals surface area contributed by atoms with Gasteiger partial charge in [0.1, 0.15) is 11.1 Å². The average Bonchev–Trinajstić information content (AvgIpc) is 2.55. The van der Waals surface area contributed by atoms with Crippen LogP contribution in [0.5, 0.6) is 0 Å². The van der Waals surface area contributed by atoms with Crippen LogP contribution in [0.15, 0.2) is 28.4 Å². The highest BCUT2D eigenvalue weighted by atomic mass is 79.9. The van der Waals surface area contributed by atoms with Gasteiger partial charge >= 0.3 is 5.97 Å². The minimum atomic E-state index is -0.952. The van der Waals surface area contributed by atoms with Gasteiger partial charge in [-0.05, 0) is 28.1 Å². The molecule has 1 heterocycles. The molecule has 84 valence electrons.